The third kappa shape index (κ3) is 1.77. The average Bonchev–Trinajstić information content (AvgIpc) is 2.73. The quantitative estimate of drug-likeness (QED) is 0.415. The molecular weight excluding hydrogens is 320 g/mol. The normalized spacial score (nSPS) is 56.9. The predicted octanol–water partition coefficient (Wildman–Crippen LogP) is 0.749. The van der Waals surface area contributed by atoms with Crippen molar-refractivity contribution in [3.8, 4) is 0 Å². The summed E-state index contributed by atoms with van der Waals surface area (Å²) in [5.41, 5.74) is -1.64. The van der Waals surface area contributed by atoms with E-state index in [0.717, 1.165) is 18.4 Å². The van der Waals surface area contributed by atoms with Crippen LogP contribution in [0.25, 0.3) is 0 Å². The molecule has 9 unspecified atom stereocenters. The molecule has 0 aromatic carbocycles. The number of rotatable bonds is 0. The van der Waals surface area contributed by atoms with E-state index in [2.05, 4.69) is 12.7 Å². The summed E-state index contributed by atoms with van der Waals surface area (Å²) in [7, 11) is 0. The van der Waals surface area contributed by atoms with Crippen molar-refractivity contribution >= 4 is 0 Å². The van der Waals surface area contributed by atoms with Gasteiger partial charge in [-0.05, 0) is 32.1 Å². The van der Waals surface area contributed by atoms with Crippen molar-refractivity contribution in [2.45, 2.75) is 70.1 Å². The van der Waals surface area contributed by atoms with E-state index in [1.807, 2.05) is 6.92 Å². The Hall–Kier alpha value is -0.720. The van der Waals surface area contributed by atoms with E-state index in [1.165, 1.54) is 0 Å². The van der Waals surface area contributed by atoms with Crippen molar-refractivity contribution in [2.75, 3.05) is 0 Å². The summed E-state index contributed by atoms with van der Waals surface area (Å²) >= 11 is 0. The van der Waals surface area contributed by atoms with Gasteiger partial charge in [0.2, 0.25) is 0 Å². The molecule has 0 aromatic heterocycles. The van der Waals surface area contributed by atoms with E-state index < -0.39 is 46.8 Å². The predicted molar refractivity (Wildman–Crippen MR) is 92.4 cm³/mol. The van der Waals surface area contributed by atoms with Gasteiger partial charge in [-0.2, -0.15) is 0 Å². The maximum atomic E-state index is 11.6. The highest BCUT2D eigenvalue weighted by Gasteiger charge is 2.72. The largest absolute Gasteiger partial charge is 0.392 e. The maximum Gasteiger partial charge on any atom is 0.107 e. The standard InChI is InChI=1S/C20H30O5/c1-9-7-19-8-13(21)20(25)14(15(22)17(24)18(20,3)4)10(2)12(19)6-5-11(9)16(19)23/h7,11-17,21-25H,2,5-6,8H2,1,3-4H3. The van der Waals surface area contributed by atoms with Crippen LogP contribution >= 0.6 is 0 Å². The average molecular weight is 350 g/mol. The molecule has 1 spiro atoms. The third-order valence-corrected chi connectivity index (χ3v) is 8.24. The summed E-state index contributed by atoms with van der Waals surface area (Å²) in [5.74, 6) is -0.845. The fraction of sp³-hybridized carbons (Fsp3) is 0.800. The molecule has 3 saturated carbocycles. The highest BCUT2D eigenvalue weighted by molar-refractivity contribution is 5.38. The Morgan fingerprint density at radius 2 is 1.72 bits per heavy atom. The first-order valence-corrected chi connectivity index (χ1v) is 9.33. The zero-order valence-electron chi connectivity index (χ0n) is 15.2. The first-order valence-electron chi connectivity index (χ1n) is 9.33. The molecule has 5 heteroatoms. The monoisotopic (exact) mass is 350 g/mol. The molecule has 5 nitrogen and oxygen atoms in total. The summed E-state index contributed by atoms with van der Waals surface area (Å²) < 4.78 is 0. The Labute approximate surface area is 148 Å². The third-order valence-electron chi connectivity index (χ3n) is 8.24. The molecule has 25 heavy (non-hydrogen) atoms. The smallest absolute Gasteiger partial charge is 0.107 e. The van der Waals surface area contributed by atoms with Gasteiger partial charge in [0.25, 0.3) is 0 Å². The second kappa shape index (κ2) is 4.96. The molecule has 0 heterocycles. The highest BCUT2D eigenvalue weighted by atomic mass is 16.4. The van der Waals surface area contributed by atoms with Crippen molar-refractivity contribution < 1.29 is 25.5 Å². The van der Waals surface area contributed by atoms with E-state index >= 15 is 0 Å². The molecule has 0 amide bonds. The number of aliphatic hydroxyl groups excluding tert-OH is 4. The van der Waals surface area contributed by atoms with Crippen LogP contribution in [0.15, 0.2) is 23.8 Å². The van der Waals surface area contributed by atoms with Crippen LogP contribution < -0.4 is 0 Å². The van der Waals surface area contributed by atoms with Crippen LogP contribution in [-0.2, 0) is 0 Å². The lowest BCUT2D eigenvalue weighted by Gasteiger charge is -2.46. The molecule has 0 aliphatic heterocycles. The Morgan fingerprint density at radius 1 is 1.08 bits per heavy atom. The minimum atomic E-state index is -1.69. The highest BCUT2D eigenvalue weighted by Crippen LogP contribution is 2.66. The molecule has 0 radical (unpaired) electrons. The molecule has 0 aromatic rings. The van der Waals surface area contributed by atoms with Crippen LogP contribution in [0, 0.1) is 28.6 Å². The van der Waals surface area contributed by atoms with Gasteiger partial charge in [0, 0.05) is 22.7 Å². The van der Waals surface area contributed by atoms with E-state index in [4.69, 9.17) is 0 Å². The van der Waals surface area contributed by atoms with Crippen molar-refractivity contribution in [3.05, 3.63) is 23.8 Å². The fourth-order valence-electron chi connectivity index (χ4n) is 6.75. The van der Waals surface area contributed by atoms with Crippen molar-refractivity contribution in [1.82, 2.24) is 0 Å². The second-order valence-electron chi connectivity index (χ2n) is 9.44. The lowest BCUT2D eigenvalue weighted by molar-refractivity contribution is -0.171. The second-order valence-corrected chi connectivity index (χ2v) is 9.44. The summed E-state index contributed by atoms with van der Waals surface area (Å²) in [6.45, 7) is 9.60. The van der Waals surface area contributed by atoms with Gasteiger partial charge in [0.05, 0.1) is 24.4 Å². The van der Waals surface area contributed by atoms with Crippen molar-refractivity contribution in [3.63, 3.8) is 0 Å². The molecule has 4 aliphatic rings. The number of hydrogen-bond acceptors (Lipinski definition) is 5. The van der Waals surface area contributed by atoms with Crippen LogP contribution in [0.3, 0.4) is 0 Å². The number of fused-ring (bicyclic) bond motifs is 2. The van der Waals surface area contributed by atoms with Crippen LogP contribution in [-0.4, -0.2) is 55.5 Å². The van der Waals surface area contributed by atoms with Crippen LogP contribution in [0.1, 0.15) is 40.0 Å². The Kier molecular flexibility index (Phi) is 3.51. The van der Waals surface area contributed by atoms with E-state index in [1.54, 1.807) is 13.8 Å². The van der Waals surface area contributed by atoms with Gasteiger partial charge in [-0.3, -0.25) is 0 Å². The lowest BCUT2D eigenvalue weighted by atomic mass is 9.60. The Bertz CT molecular complexity index is 654. The van der Waals surface area contributed by atoms with Gasteiger partial charge in [-0.1, -0.05) is 37.6 Å². The molecular formula is C20H30O5. The molecule has 3 fully saturated rings. The molecule has 0 saturated heterocycles. The lowest BCUT2D eigenvalue weighted by Crippen LogP contribution is -2.57. The first-order chi connectivity index (χ1) is 11.5. The SMILES string of the molecule is C=C1C2CCC3C(C)=CC2(CC(O)C2(O)C1C(O)C(O)C2(C)C)C3O. The van der Waals surface area contributed by atoms with E-state index in [0.29, 0.717) is 5.57 Å². The maximum absolute atomic E-state index is 11.6. The number of aliphatic hydroxyl groups is 5. The van der Waals surface area contributed by atoms with Crippen LogP contribution in [0.2, 0.25) is 0 Å². The zero-order valence-corrected chi connectivity index (χ0v) is 15.2. The Balaban J connectivity index is 1.90. The molecule has 5 N–H and O–H groups in total. The van der Waals surface area contributed by atoms with Crippen LogP contribution in [0.4, 0.5) is 0 Å². The molecule has 140 valence electrons. The van der Waals surface area contributed by atoms with Crippen molar-refractivity contribution in [1.29, 1.82) is 0 Å². The zero-order chi connectivity index (χ0) is 18.5. The fourth-order valence-corrected chi connectivity index (χ4v) is 6.75. The first kappa shape index (κ1) is 17.7. The minimum Gasteiger partial charge on any atom is -0.392 e. The van der Waals surface area contributed by atoms with Gasteiger partial charge < -0.3 is 25.5 Å². The van der Waals surface area contributed by atoms with E-state index in [9.17, 15) is 25.5 Å². The van der Waals surface area contributed by atoms with Crippen molar-refractivity contribution in [2.24, 2.45) is 28.6 Å². The van der Waals surface area contributed by atoms with Gasteiger partial charge in [0.1, 0.15) is 5.60 Å². The van der Waals surface area contributed by atoms with Gasteiger partial charge >= 0.3 is 0 Å². The van der Waals surface area contributed by atoms with Gasteiger partial charge in [0.15, 0.2) is 0 Å². The van der Waals surface area contributed by atoms with Gasteiger partial charge in [-0.15, -0.1) is 0 Å². The molecule has 4 rings (SSSR count). The minimum absolute atomic E-state index is 0.0901. The summed E-state index contributed by atoms with van der Waals surface area (Å²) in [6.07, 6.45) is -0.184. The molecule has 2 bridgehead atoms. The summed E-state index contributed by atoms with van der Waals surface area (Å²) in [4.78, 5) is 0. The van der Waals surface area contributed by atoms with E-state index in [-0.39, 0.29) is 18.3 Å². The summed E-state index contributed by atoms with van der Waals surface area (Å²) in [5, 5.41) is 55.0. The molecule has 9 atom stereocenters. The topological polar surface area (TPSA) is 101 Å². The van der Waals surface area contributed by atoms with Crippen LogP contribution in [0.5, 0.6) is 0 Å². The number of hydrogen-bond donors (Lipinski definition) is 5. The summed E-state index contributed by atoms with van der Waals surface area (Å²) in [6, 6.07) is 0. The molecule has 4 aliphatic carbocycles. The van der Waals surface area contributed by atoms with Gasteiger partial charge in [-0.25, -0.2) is 0 Å². The Morgan fingerprint density at radius 3 is 2.36 bits per heavy atom.